The number of sulfonamides is 1. The van der Waals surface area contributed by atoms with Gasteiger partial charge in [0.1, 0.15) is 34.3 Å². The van der Waals surface area contributed by atoms with Crippen LogP contribution < -0.4 is 20.7 Å². The number of ether oxygens (including phenoxy) is 2. The highest BCUT2D eigenvalue weighted by Crippen LogP contribution is 2.45. The molecule has 17 heteroatoms. The number of aryl methyl sites for hydroxylation is 1. The summed E-state index contributed by atoms with van der Waals surface area (Å²) in [5.74, 6) is -2.87. The third kappa shape index (κ3) is 9.36. The zero-order chi connectivity index (χ0) is 39.1. The lowest BCUT2D eigenvalue weighted by Gasteiger charge is -2.36. The van der Waals surface area contributed by atoms with Gasteiger partial charge in [0.2, 0.25) is 21.8 Å². The first-order valence-electron chi connectivity index (χ1n) is 17.4. The summed E-state index contributed by atoms with van der Waals surface area (Å²) >= 11 is 1.40. The summed E-state index contributed by atoms with van der Waals surface area (Å²) < 4.78 is 38.7. The number of rotatable bonds is 11. The third-order valence-electron chi connectivity index (χ3n) is 9.22. The highest BCUT2D eigenvalue weighted by Gasteiger charge is 2.62. The van der Waals surface area contributed by atoms with Crippen LogP contribution in [-0.4, -0.2) is 89.3 Å². The van der Waals surface area contributed by atoms with Gasteiger partial charge in [0.15, 0.2) is 0 Å². The molecule has 1 aromatic carbocycles. The van der Waals surface area contributed by atoms with Crippen LogP contribution in [0.3, 0.4) is 0 Å². The molecule has 5 rings (SSSR count). The van der Waals surface area contributed by atoms with E-state index in [1.54, 1.807) is 53.8 Å². The number of aromatic nitrogens is 1. The summed E-state index contributed by atoms with van der Waals surface area (Å²) in [5.41, 5.74) is -1.33. The first kappa shape index (κ1) is 39.7. The van der Waals surface area contributed by atoms with Crippen LogP contribution in [0, 0.1) is 18.3 Å². The number of hydrogen-bond donors (Lipinski definition) is 4. The number of nitrogens with one attached hydrogen (secondary N) is 4. The van der Waals surface area contributed by atoms with Gasteiger partial charge in [-0.2, -0.15) is 0 Å². The van der Waals surface area contributed by atoms with Crippen LogP contribution in [0.1, 0.15) is 72.8 Å². The SMILES string of the molecule is C=CC1C[C@]1(NC(=O)[C@@H]1C[C@@H](OC(=O)Nc2cc(C)ccc2-c2nccs2)CN1C(=O)[C@@H](NC(=O)OC(C)(C)C)C(C)(C)C)C(=O)NS(=O)(=O)C1CC1. The Morgan fingerprint density at radius 1 is 1.09 bits per heavy atom. The van der Waals surface area contributed by atoms with Gasteiger partial charge < -0.3 is 25.0 Å². The van der Waals surface area contributed by atoms with Crippen molar-refractivity contribution in [2.24, 2.45) is 11.3 Å². The fourth-order valence-corrected chi connectivity index (χ4v) is 8.27. The van der Waals surface area contributed by atoms with Gasteiger partial charge in [-0.05, 0) is 70.1 Å². The van der Waals surface area contributed by atoms with Gasteiger partial charge in [-0.15, -0.1) is 17.9 Å². The fourth-order valence-electron chi connectivity index (χ4n) is 6.23. The van der Waals surface area contributed by atoms with Crippen molar-refractivity contribution >= 4 is 57.0 Å². The summed E-state index contributed by atoms with van der Waals surface area (Å²) in [4.78, 5) is 73.8. The van der Waals surface area contributed by atoms with Crippen molar-refractivity contribution in [3.05, 3.63) is 48.0 Å². The number of nitrogens with zero attached hydrogens (tertiary/aromatic N) is 2. The Balaban J connectivity index is 1.40. The highest BCUT2D eigenvalue weighted by atomic mass is 32.2. The fraction of sp³-hybridized carbons (Fsp3) is 0.556. The van der Waals surface area contributed by atoms with Crippen molar-refractivity contribution in [1.82, 2.24) is 25.2 Å². The number of amides is 5. The van der Waals surface area contributed by atoms with E-state index in [9.17, 15) is 32.4 Å². The van der Waals surface area contributed by atoms with E-state index in [4.69, 9.17) is 9.47 Å². The first-order chi connectivity index (χ1) is 24.6. The quantitative estimate of drug-likeness (QED) is 0.239. The second-order valence-corrected chi connectivity index (χ2v) is 18.8. The molecule has 0 bridgehead atoms. The molecule has 1 unspecified atom stereocenters. The third-order valence-corrected chi connectivity index (χ3v) is 11.8. The molecule has 5 amide bonds. The van der Waals surface area contributed by atoms with E-state index in [0.717, 1.165) is 5.56 Å². The minimum Gasteiger partial charge on any atom is -0.444 e. The molecule has 2 saturated carbocycles. The molecule has 1 aliphatic heterocycles. The molecule has 2 aliphatic carbocycles. The maximum atomic E-state index is 14.4. The number of hydrogen-bond acceptors (Lipinski definition) is 11. The molecule has 2 heterocycles. The average Bonchev–Trinajstić information content (AvgIpc) is 3.91. The lowest BCUT2D eigenvalue weighted by molar-refractivity contribution is -0.143. The molecule has 1 aromatic heterocycles. The van der Waals surface area contributed by atoms with E-state index in [1.165, 1.54) is 22.3 Å². The van der Waals surface area contributed by atoms with E-state index in [1.807, 2.05) is 24.4 Å². The molecular weight excluding hydrogens is 725 g/mol. The number of thiazole rings is 1. The van der Waals surface area contributed by atoms with Crippen molar-refractivity contribution < 1.29 is 41.9 Å². The van der Waals surface area contributed by atoms with Gasteiger partial charge in [-0.1, -0.05) is 32.9 Å². The molecule has 0 spiro atoms. The lowest BCUT2D eigenvalue weighted by Crippen LogP contribution is -2.60. The number of anilines is 1. The van der Waals surface area contributed by atoms with E-state index < -0.39 is 85.8 Å². The van der Waals surface area contributed by atoms with Crippen LogP contribution >= 0.6 is 11.3 Å². The molecule has 3 aliphatic rings. The summed E-state index contributed by atoms with van der Waals surface area (Å²) in [5, 5.41) is 9.96. The normalized spacial score (nSPS) is 23.3. The van der Waals surface area contributed by atoms with Gasteiger partial charge in [0.25, 0.3) is 5.91 Å². The number of carbonyl (C=O) groups excluding carboxylic acids is 5. The van der Waals surface area contributed by atoms with Crippen LogP contribution in [0.25, 0.3) is 10.6 Å². The Hall–Kier alpha value is -4.51. The zero-order valence-electron chi connectivity index (χ0n) is 31.0. The van der Waals surface area contributed by atoms with E-state index in [2.05, 4.69) is 32.2 Å². The molecular formula is C36H48N6O9S2. The topological polar surface area (TPSA) is 202 Å². The first-order valence-corrected chi connectivity index (χ1v) is 19.8. The lowest BCUT2D eigenvalue weighted by atomic mass is 9.85. The Kier molecular flexibility index (Phi) is 11.0. The van der Waals surface area contributed by atoms with Crippen molar-refractivity contribution in [3.8, 4) is 10.6 Å². The van der Waals surface area contributed by atoms with E-state index in [-0.39, 0.29) is 19.4 Å². The summed E-state index contributed by atoms with van der Waals surface area (Å²) in [6, 6.07) is 3.04. The maximum absolute atomic E-state index is 14.4. The van der Waals surface area contributed by atoms with Crippen LogP contribution in [0.4, 0.5) is 15.3 Å². The number of benzene rings is 1. The van der Waals surface area contributed by atoms with Crippen molar-refractivity contribution in [1.29, 1.82) is 0 Å². The average molecular weight is 773 g/mol. The minimum atomic E-state index is -3.93. The van der Waals surface area contributed by atoms with E-state index in [0.29, 0.717) is 29.1 Å². The Bertz CT molecular complexity index is 1880. The van der Waals surface area contributed by atoms with Gasteiger partial charge in [0.05, 0.1) is 17.5 Å². The van der Waals surface area contributed by atoms with Crippen molar-refractivity contribution in [2.75, 3.05) is 11.9 Å². The molecule has 53 heavy (non-hydrogen) atoms. The molecule has 4 N–H and O–H groups in total. The minimum absolute atomic E-state index is 0.0972. The predicted molar refractivity (Wildman–Crippen MR) is 198 cm³/mol. The number of likely N-dealkylation sites (tertiary alicyclic amines) is 1. The second-order valence-electron chi connectivity index (χ2n) is 15.9. The molecule has 15 nitrogen and oxygen atoms in total. The van der Waals surface area contributed by atoms with Crippen LogP contribution in [0.5, 0.6) is 0 Å². The molecule has 3 fully saturated rings. The van der Waals surface area contributed by atoms with Crippen molar-refractivity contribution in [2.45, 2.75) is 109 Å². The van der Waals surface area contributed by atoms with Crippen LogP contribution in [0.2, 0.25) is 0 Å². The number of carbonyl (C=O) groups is 5. The van der Waals surface area contributed by atoms with E-state index >= 15 is 0 Å². The molecule has 2 aromatic rings. The molecule has 1 saturated heterocycles. The summed E-state index contributed by atoms with van der Waals surface area (Å²) in [7, 11) is -3.93. The maximum Gasteiger partial charge on any atom is 0.411 e. The summed E-state index contributed by atoms with van der Waals surface area (Å²) in [6.45, 7) is 15.6. The second kappa shape index (κ2) is 14.7. The van der Waals surface area contributed by atoms with Gasteiger partial charge in [0, 0.05) is 29.5 Å². The Morgan fingerprint density at radius 3 is 2.36 bits per heavy atom. The molecule has 0 radical (unpaired) electrons. The standard InChI is InChI=1S/C36H48N6O9S2/c1-9-21-18-36(21,31(45)41-53(48,49)23-11-12-23)40-28(43)26-17-22(19-42(26)30(44)27(34(3,4)5)39-33(47)51-35(6,7)8)50-32(46)38-25-16-20(2)10-13-24(25)29-37-14-15-52-29/h9-10,13-16,21-23,26-27H,1,11-12,17-19H2,2-8H3,(H,38,46)(H,39,47)(H,40,43)(H,41,45)/t21?,22-,26+,27-,36-/m1/s1. The number of alkyl carbamates (subject to hydrolysis) is 1. The van der Waals surface area contributed by atoms with Crippen LogP contribution in [0.15, 0.2) is 42.4 Å². The van der Waals surface area contributed by atoms with Crippen LogP contribution in [-0.2, 0) is 33.9 Å². The Labute approximate surface area is 313 Å². The Morgan fingerprint density at radius 2 is 1.79 bits per heavy atom. The molecule has 288 valence electrons. The van der Waals surface area contributed by atoms with Crippen molar-refractivity contribution in [3.63, 3.8) is 0 Å². The molecule has 5 atom stereocenters. The highest BCUT2D eigenvalue weighted by molar-refractivity contribution is 7.91. The monoisotopic (exact) mass is 772 g/mol. The largest absolute Gasteiger partial charge is 0.444 e. The van der Waals surface area contributed by atoms with Gasteiger partial charge >= 0.3 is 12.2 Å². The van der Waals surface area contributed by atoms with Gasteiger partial charge in [-0.3, -0.25) is 24.4 Å². The predicted octanol–water partition coefficient (Wildman–Crippen LogP) is 4.25. The summed E-state index contributed by atoms with van der Waals surface area (Å²) in [6.07, 6.45) is 1.26. The zero-order valence-corrected chi connectivity index (χ0v) is 32.6. The smallest absolute Gasteiger partial charge is 0.411 e. The van der Waals surface area contributed by atoms with Gasteiger partial charge in [-0.25, -0.2) is 23.0 Å².